The van der Waals surface area contributed by atoms with Gasteiger partial charge in [0, 0.05) is 30.3 Å². The van der Waals surface area contributed by atoms with Crippen molar-refractivity contribution in [1.29, 1.82) is 0 Å². The monoisotopic (exact) mass is 404 g/mol. The van der Waals surface area contributed by atoms with Crippen LogP contribution in [0.2, 0.25) is 0 Å². The van der Waals surface area contributed by atoms with Crippen molar-refractivity contribution in [1.82, 2.24) is 4.90 Å². The molecule has 0 radical (unpaired) electrons. The normalized spacial score (nSPS) is 13.8. The maximum absolute atomic E-state index is 12.9. The average Bonchev–Trinajstić information content (AvgIpc) is 3.52. The first-order valence-corrected chi connectivity index (χ1v) is 10.4. The van der Waals surface area contributed by atoms with Crippen molar-refractivity contribution in [2.24, 2.45) is 0 Å². The molecule has 0 saturated heterocycles. The largest absolute Gasteiger partial charge is 0.382 e. The van der Waals surface area contributed by atoms with E-state index in [1.807, 2.05) is 0 Å². The fourth-order valence-corrected chi connectivity index (χ4v) is 3.22. The minimum absolute atomic E-state index is 0.0628. The van der Waals surface area contributed by atoms with Gasteiger partial charge in [-0.05, 0) is 49.6 Å². The number of nitrogens with zero attached hydrogens (tertiary/aromatic N) is 2. The van der Waals surface area contributed by atoms with E-state index in [-0.39, 0.29) is 29.1 Å². The van der Waals surface area contributed by atoms with E-state index >= 15 is 0 Å². The molecule has 1 aliphatic rings. The summed E-state index contributed by atoms with van der Waals surface area (Å²) in [5.41, 5.74) is 1.17. The minimum Gasteiger partial charge on any atom is -0.382 e. The Labute approximate surface area is 163 Å². The fraction of sp³-hybridized carbons (Fsp3) is 0.316. The lowest BCUT2D eigenvalue weighted by Gasteiger charge is -2.23. The number of hydrogen-bond donors (Lipinski definition) is 0. The molecule has 148 valence electrons. The smallest absolute Gasteiger partial charge is 0.308 e. The number of amides is 1. The maximum atomic E-state index is 12.9. The molecule has 0 spiro atoms. The van der Waals surface area contributed by atoms with Gasteiger partial charge in [0.15, 0.2) is 0 Å². The molecule has 2 aromatic rings. The van der Waals surface area contributed by atoms with Gasteiger partial charge >= 0.3 is 10.1 Å². The molecule has 0 heterocycles. The molecule has 1 amide bonds. The summed E-state index contributed by atoms with van der Waals surface area (Å²) in [4.78, 5) is 24.9. The van der Waals surface area contributed by atoms with Crippen molar-refractivity contribution in [2.75, 3.05) is 5.75 Å². The first-order chi connectivity index (χ1) is 13.3. The zero-order chi connectivity index (χ0) is 20.3. The van der Waals surface area contributed by atoms with Crippen LogP contribution in [0.25, 0.3) is 0 Å². The number of nitro benzene ring substituents is 1. The second-order valence-corrected chi connectivity index (χ2v) is 8.40. The van der Waals surface area contributed by atoms with Crippen LogP contribution < -0.4 is 4.18 Å². The molecule has 1 fully saturated rings. The van der Waals surface area contributed by atoms with Crippen molar-refractivity contribution in [3.63, 3.8) is 0 Å². The van der Waals surface area contributed by atoms with Crippen LogP contribution >= 0.6 is 0 Å². The Morgan fingerprint density at radius 3 is 2.25 bits per heavy atom. The highest BCUT2D eigenvalue weighted by Crippen LogP contribution is 2.30. The minimum atomic E-state index is -3.58. The van der Waals surface area contributed by atoms with Crippen LogP contribution in [-0.4, -0.2) is 35.9 Å². The van der Waals surface area contributed by atoms with E-state index in [1.165, 1.54) is 31.2 Å². The molecule has 0 bridgehead atoms. The van der Waals surface area contributed by atoms with Gasteiger partial charge in [-0.25, -0.2) is 0 Å². The molecule has 9 heteroatoms. The van der Waals surface area contributed by atoms with E-state index in [9.17, 15) is 23.3 Å². The van der Waals surface area contributed by atoms with E-state index in [0.717, 1.165) is 18.4 Å². The Hall–Kier alpha value is -2.94. The topological polar surface area (TPSA) is 107 Å². The van der Waals surface area contributed by atoms with Gasteiger partial charge in [0.2, 0.25) is 0 Å². The molecule has 1 saturated carbocycles. The van der Waals surface area contributed by atoms with Crippen LogP contribution in [0.4, 0.5) is 5.69 Å². The summed E-state index contributed by atoms with van der Waals surface area (Å²) in [7, 11) is -3.58. The number of carbonyl (C=O) groups excluding carboxylic acids is 1. The Morgan fingerprint density at radius 2 is 1.75 bits per heavy atom. The number of benzene rings is 2. The van der Waals surface area contributed by atoms with Gasteiger partial charge in [-0.15, -0.1) is 0 Å². The third-order valence-electron chi connectivity index (χ3n) is 4.43. The molecule has 8 nitrogen and oxygen atoms in total. The average molecular weight is 404 g/mol. The fourth-order valence-electron chi connectivity index (χ4n) is 2.70. The van der Waals surface area contributed by atoms with Gasteiger partial charge in [-0.2, -0.15) is 8.42 Å². The summed E-state index contributed by atoms with van der Waals surface area (Å²) in [6.07, 6.45) is 1.82. The summed E-state index contributed by atoms with van der Waals surface area (Å²) in [5.74, 6) is -0.0786. The van der Waals surface area contributed by atoms with Gasteiger partial charge in [-0.3, -0.25) is 14.9 Å². The molecule has 0 atom stereocenters. The summed E-state index contributed by atoms with van der Waals surface area (Å²) in [6.45, 7) is 1.86. The standard InChI is InChI=1S/C19H20N2O6S/c1-2-28(25,26)27-18-11-3-14(4-12-18)13-20(16-9-10-16)19(22)15-5-7-17(8-6-15)21(23)24/h3-8,11-12,16H,2,9-10,13H2,1H3. The molecule has 3 rings (SSSR count). The van der Waals surface area contributed by atoms with Crippen LogP contribution in [0.3, 0.4) is 0 Å². The summed E-state index contributed by atoms with van der Waals surface area (Å²) < 4.78 is 28.0. The molecular formula is C19H20N2O6S. The third-order valence-corrected chi connectivity index (χ3v) is 5.58. The van der Waals surface area contributed by atoms with Gasteiger partial charge in [0.05, 0.1) is 10.7 Å². The van der Waals surface area contributed by atoms with Crippen LogP contribution in [0.15, 0.2) is 48.5 Å². The maximum Gasteiger partial charge on any atom is 0.308 e. The lowest BCUT2D eigenvalue weighted by atomic mass is 10.1. The van der Waals surface area contributed by atoms with E-state index in [4.69, 9.17) is 4.18 Å². The lowest BCUT2D eigenvalue weighted by Crippen LogP contribution is -2.32. The number of hydrogen-bond acceptors (Lipinski definition) is 6. The summed E-state index contributed by atoms with van der Waals surface area (Å²) in [6, 6.07) is 12.3. The van der Waals surface area contributed by atoms with E-state index < -0.39 is 15.0 Å². The van der Waals surface area contributed by atoms with Gasteiger partial charge in [-0.1, -0.05) is 12.1 Å². The van der Waals surface area contributed by atoms with E-state index in [1.54, 1.807) is 29.2 Å². The second kappa shape index (κ2) is 7.97. The predicted molar refractivity (Wildman–Crippen MR) is 103 cm³/mol. The molecule has 2 aromatic carbocycles. The van der Waals surface area contributed by atoms with Gasteiger partial charge in [0.1, 0.15) is 5.75 Å². The Morgan fingerprint density at radius 1 is 1.14 bits per heavy atom. The van der Waals surface area contributed by atoms with Crippen LogP contribution in [-0.2, 0) is 16.7 Å². The number of nitro groups is 1. The number of non-ortho nitro benzene ring substituents is 1. The summed E-state index contributed by atoms with van der Waals surface area (Å²) >= 11 is 0. The Balaban J connectivity index is 1.72. The molecule has 0 unspecified atom stereocenters. The third kappa shape index (κ3) is 4.86. The highest BCUT2D eigenvalue weighted by molar-refractivity contribution is 7.87. The number of carbonyl (C=O) groups is 1. The van der Waals surface area contributed by atoms with Crippen molar-refractivity contribution in [3.8, 4) is 5.75 Å². The Kier molecular flexibility index (Phi) is 5.64. The van der Waals surface area contributed by atoms with Crippen molar-refractivity contribution in [2.45, 2.75) is 32.4 Å². The molecule has 0 aromatic heterocycles. The van der Waals surface area contributed by atoms with E-state index in [0.29, 0.717) is 12.1 Å². The lowest BCUT2D eigenvalue weighted by molar-refractivity contribution is -0.384. The predicted octanol–water partition coefficient (Wildman–Crippen LogP) is 3.13. The van der Waals surface area contributed by atoms with Gasteiger partial charge < -0.3 is 9.08 Å². The summed E-state index contributed by atoms with van der Waals surface area (Å²) in [5, 5.41) is 10.8. The first-order valence-electron chi connectivity index (χ1n) is 8.85. The molecule has 28 heavy (non-hydrogen) atoms. The SMILES string of the molecule is CCS(=O)(=O)Oc1ccc(CN(C(=O)c2ccc([N+](=O)[O-])cc2)C2CC2)cc1. The zero-order valence-electron chi connectivity index (χ0n) is 15.3. The number of rotatable bonds is 8. The molecular weight excluding hydrogens is 384 g/mol. The highest BCUT2D eigenvalue weighted by Gasteiger charge is 2.33. The molecule has 0 aliphatic heterocycles. The zero-order valence-corrected chi connectivity index (χ0v) is 16.1. The molecule has 0 N–H and O–H groups in total. The van der Waals surface area contributed by atoms with Gasteiger partial charge in [0.25, 0.3) is 11.6 Å². The second-order valence-electron chi connectivity index (χ2n) is 6.54. The Bertz CT molecular complexity index is 966. The highest BCUT2D eigenvalue weighted by atomic mass is 32.2. The van der Waals surface area contributed by atoms with E-state index in [2.05, 4.69) is 0 Å². The van der Waals surface area contributed by atoms with Crippen molar-refractivity contribution in [3.05, 3.63) is 69.8 Å². The van der Waals surface area contributed by atoms with Crippen molar-refractivity contribution >= 4 is 21.7 Å². The quantitative estimate of drug-likeness (QED) is 0.380. The van der Waals surface area contributed by atoms with Crippen LogP contribution in [0.1, 0.15) is 35.7 Å². The molecule has 1 aliphatic carbocycles. The van der Waals surface area contributed by atoms with Crippen LogP contribution in [0, 0.1) is 10.1 Å². The van der Waals surface area contributed by atoms with Crippen LogP contribution in [0.5, 0.6) is 5.75 Å². The van der Waals surface area contributed by atoms with Crippen molar-refractivity contribution < 1.29 is 22.3 Å². The first kappa shape index (κ1) is 19.8.